The maximum absolute atomic E-state index is 4.53. The molecule has 0 radical (unpaired) electrons. The highest BCUT2D eigenvalue weighted by Crippen LogP contribution is 2.36. The lowest BCUT2D eigenvalue weighted by atomic mass is 10.2. The fourth-order valence-electron chi connectivity index (χ4n) is 1.40. The second kappa shape index (κ2) is 3.56. The molecule has 1 aromatic carbocycles. The number of rotatable bonds is 1. The Labute approximate surface area is 91.8 Å². The number of thiol groups is 1. The van der Waals surface area contributed by atoms with Crippen molar-refractivity contribution < 1.29 is 0 Å². The predicted molar refractivity (Wildman–Crippen MR) is 65.6 cm³/mol. The molecule has 0 atom stereocenters. The van der Waals surface area contributed by atoms with Gasteiger partial charge in [0.15, 0.2) is 0 Å². The maximum atomic E-state index is 4.53. The molecule has 0 N–H and O–H groups in total. The molecule has 0 saturated heterocycles. The van der Waals surface area contributed by atoms with Crippen LogP contribution in [0.15, 0.2) is 27.3 Å². The summed E-state index contributed by atoms with van der Waals surface area (Å²) in [5.41, 5.74) is 1.27. The monoisotopic (exact) mass is 226 g/mol. The van der Waals surface area contributed by atoms with Crippen LogP contribution in [0.25, 0.3) is 10.1 Å². The van der Waals surface area contributed by atoms with Gasteiger partial charge in [0.25, 0.3) is 0 Å². The zero-order valence-electron chi connectivity index (χ0n) is 7.50. The summed E-state index contributed by atoms with van der Waals surface area (Å²) < 4.78 is 1.36. The molecule has 68 valence electrons. The molecule has 0 fully saturated rings. The van der Waals surface area contributed by atoms with Crippen molar-refractivity contribution in [2.75, 3.05) is 6.26 Å². The molecule has 0 aliphatic carbocycles. The smallest absolute Gasteiger partial charge is 0.0357 e. The van der Waals surface area contributed by atoms with E-state index in [0.717, 1.165) is 4.90 Å². The van der Waals surface area contributed by atoms with Crippen molar-refractivity contribution in [2.45, 2.75) is 16.7 Å². The second-order valence-electron chi connectivity index (χ2n) is 2.91. The predicted octanol–water partition coefficient (Wildman–Crippen LogP) is 4.22. The van der Waals surface area contributed by atoms with E-state index in [0.29, 0.717) is 0 Å². The highest BCUT2D eigenvalue weighted by Gasteiger charge is 2.07. The summed E-state index contributed by atoms with van der Waals surface area (Å²) in [5.74, 6) is 0. The van der Waals surface area contributed by atoms with E-state index in [4.69, 9.17) is 0 Å². The first-order valence-corrected chi connectivity index (χ1v) is 6.53. The molecule has 0 amide bonds. The lowest BCUT2D eigenvalue weighted by molar-refractivity contribution is 1.23. The number of aryl methyl sites for hydroxylation is 1. The third kappa shape index (κ3) is 1.49. The SMILES string of the molecule is CSc1c(S)c(C)cc2sccc12. The highest BCUT2D eigenvalue weighted by molar-refractivity contribution is 7.99. The van der Waals surface area contributed by atoms with Crippen molar-refractivity contribution in [3.8, 4) is 0 Å². The van der Waals surface area contributed by atoms with E-state index in [9.17, 15) is 0 Å². The van der Waals surface area contributed by atoms with Crippen LogP contribution in [-0.4, -0.2) is 6.26 Å². The second-order valence-corrected chi connectivity index (χ2v) is 5.12. The van der Waals surface area contributed by atoms with Crippen LogP contribution >= 0.6 is 35.7 Å². The quantitative estimate of drug-likeness (QED) is 0.561. The van der Waals surface area contributed by atoms with Crippen molar-refractivity contribution in [2.24, 2.45) is 0 Å². The first kappa shape index (κ1) is 9.44. The normalized spacial score (nSPS) is 11.0. The topological polar surface area (TPSA) is 0 Å². The fraction of sp³-hybridized carbons (Fsp3) is 0.200. The Morgan fingerprint density at radius 1 is 1.46 bits per heavy atom. The van der Waals surface area contributed by atoms with Gasteiger partial charge in [0.2, 0.25) is 0 Å². The van der Waals surface area contributed by atoms with Gasteiger partial charge in [-0.3, -0.25) is 0 Å². The van der Waals surface area contributed by atoms with E-state index in [1.165, 1.54) is 20.5 Å². The Morgan fingerprint density at radius 2 is 2.23 bits per heavy atom. The molecule has 1 aromatic heterocycles. The molecule has 13 heavy (non-hydrogen) atoms. The first-order valence-electron chi connectivity index (χ1n) is 3.98. The molecule has 0 saturated carbocycles. The van der Waals surface area contributed by atoms with Gasteiger partial charge >= 0.3 is 0 Å². The van der Waals surface area contributed by atoms with Crippen molar-refractivity contribution in [1.82, 2.24) is 0 Å². The molecular weight excluding hydrogens is 216 g/mol. The van der Waals surface area contributed by atoms with Gasteiger partial charge < -0.3 is 0 Å². The van der Waals surface area contributed by atoms with Crippen molar-refractivity contribution in [1.29, 1.82) is 0 Å². The zero-order chi connectivity index (χ0) is 9.42. The van der Waals surface area contributed by atoms with Crippen LogP contribution in [0.2, 0.25) is 0 Å². The minimum absolute atomic E-state index is 1.12. The molecule has 0 aliphatic rings. The molecule has 0 spiro atoms. The zero-order valence-corrected chi connectivity index (χ0v) is 10.0. The number of thioether (sulfide) groups is 1. The number of fused-ring (bicyclic) bond motifs is 1. The van der Waals surface area contributed by atoms with E-state index in [2.05, 4.69) is 43.3 Å². The van der Waals surface area contributed by atoms with Crippen LogP contribution in [0.5, 0.6) is 0 Å². The van der Waals surface area contributed by atoms with Crippen LogP contribution in [0.4, 0.5) is 0 Å². The summed E-state index contributed by atoms with van der Waals surface area (Å²) in [7, 11) is 0. The lowest BCUT2D eigenvalue weighted by Gasteiger charge is -2.06. The van der Waals surface area contributed by atoms with Crippen LogP contribution < -0.4 is 0 Å². The number of hydrogen-bond donors (Lipinski definition) is 1. The average molecular weight is 226 g/mol. The van der Waals surface area contributed by atoms with Crippen molar-refractivity contribution >= 4 is 45.8 Å². The van der Waals surface area contributed by atoms with Gasteiger partial charge in [0, 0.05) is 19.9 Å². The van der Waals surface area contributed by atoms with E-state index in [1.807, 2.05) is 0 Å². The highest BCUT2D eigenvalue weighted by atomic mass is 32.2. The third-order valence-electron chi connectivity index (χ3n) is 2.08. The van der Waals surface area contributed by atoms with Gasteiger partial charge in [-0.25, -0.2) is 0 Å². The summed E-state index contributed by atoms with van der Waals surface area (Å²) in [5, 5.41) is 3.48. The van der Waals surface area contributed by atoms with Gasteiger partial charge in [-0.15, -0.1) is 35.7 Å². The molecule has 2 aromatic rings. The first-order chi connectivity index (χ1) is 6.24. The summed E-state index contributed by atoms with van der Waals surface area (Å²) in [6.07, 6.45) is 2.10. The standard InChI is InChI=1S/C10H10S3/c1-6-5-8-7(3-4-13-8)10(12-2)9(6)11/h3-5,11H,1-2H3. The Balaban J connectivity index is 2.87. The molecule has 3 heteroatoms. The number of benzene rings is 1. The van der Waals surface area contributed by atoms with Crippen molar-refractivity contribution in [3.05, 3.63) is 23.1 Å². The third-order valence-corrected chi connectivity index (χ3v) is 4.50. The minimum atomic E-state index is 1.12. The lowest BCUT2D eigenvalue weighted by Crippen LogP contribution is -1.81. The molecule has 0 aliphatic heterocycles. The van der Waals surface area contributed by atoms with E-state index < -0.39 is 0 Å². The van der Waals surface area contributed by atoms with Gasteiger partial charge in [0.1, 0.15) is 0 Å². The number of hydrogen-bond acceptors (Lipinski definition) is 3. The van der Waals surface area contributed by atoms with E-state index >= 15 is 0 Å². The Morgan fingerprint density at radius 3 is 2.92 bits per heavy atom. The van der Waals surface area contributed by atoms with Crippen LogP contribution in [0.1, 0.15) is 5.56 Å². The Hall–Kier alpha value is -0.120. The fourth-order valence-corrected chi connectivity index (χ4v) is 3.57. The van der Waals surface area contributed by atoms with Gasteiger partial charge in [0.05, 0.1) is 0 Å². The molecule has 2 rings (SSSR count). The average Bonchev–Trinajstić information content (AvgIpc) is 2.54. The van der Waals surface area contributed by atoms with Crippen LogP contribution in [0, 0.1) is 6.92 Å². The molecular formula is C10H10S3. The summed E-state index contributed by atoms with van der Waals surface area (Å²) in [6, 6.07) is 4.38. The van der Waals surface area contributed by atoms with Gasteiger partial charge in [-0.05, 0) is 36.3 Å². The van der Waals surface area contributed by atoms with Crippen molar-refractivity contribution in [3.63, 3.8) is 0 Å². The van der Waals surface area contributed by atoms with E-state index in [-0.39, 0.29) is 0 Å². The van der Waals surface area contributed by atoms with Crippen LogP contribution in [-0.2, 0) is 0 Å². The van der Waals surface area contributed by atoms with Gasteiger partial charge in [-0.1, -0.05) is 0 Å². The Kier molecular flexibility index (Phi) is 2.58. The largest absolute Gasteiger partial charge is 0.144 e. The van der Waals surface area contributed by atoms with Crippen LogP contribution in [0.3, 0.4) is 0 Å². The summed E-state index contributed by atoms with van der Waals surface area (Å²) in [6.45, 7) is 2.11. The summed E-state index contributed by atoms with van der Waals surface area (Å²) in [4.78, 5) is 2.43. The molecule has 1 heterocycles. The maximum Gasteiger partial charge on any atom is 0.0357 e. The Bertz CT molecular complexity index is 443. The molecule has 0 nitrogen and oxygen atoms in total. The minimum Gasteiger partial charge on any atom is -0.144 e. The molecule has 0 unspecified atom stereocenters. The summed E-state index contributed by atoms with van der Waals surface area (Å²) >= 11 is 8.09. The number of thiophene rings is 1. The van der Waals surface area contributed by atoms with Gasteiger partial charge in [-0.2, -0.15) is 0 Å². The molecule has 0 bridgehead atoms. The van der Waals surface area contributed by atoms with E-state index in [1.54, 1.807) is 23.1 Å².